The molecule has 1 aromatic heterocycles. The van der Waals surface area contributed by atoms with Gasteiger partial charge in [0.2, 0.25) is 0 Å². The number of nitrogens with one attached hydrogen (secondary N) is 1. The zero-order valence-electron chi connectivity index (χ0n) is 23.4. The summed E-state index contributed by atoms with van der Waals surface area (Å²) >= 11 is 0. The number of carbonyl (C=O) groups excluding carboxylic acids is 5. The van der Waals surface area contributed by atoms with Crippen LogP contribution in [0.1, 0.15) is 66.1 Å². The van der Waals surface area contributed by atoms with E-state index in [9.17, 15) is 24.0 Å². The van der Waals surface area contributed by atoms with Crippen LogP contribution in [0, 0.1) is 25.7 Å². The molecule has 2 heterocycles. The minimum atomic E-state index is -1.40. The smallest absolute Gasteiger partial charge is 0.343 e. The fourth-order valence-corrected chi connectivity index (χ4v) is 3.99. The number of rotatable bonds is 7. The molecule has 1 aliphatic heterocycles. The lowest BCUT2D eigenvalue weighted by Gasteiger charge is -2.29. The summed E-state index contributed by atoms with van der Waals surface area (Å²) in [5, 5.41) is 2.46. The number of hydrogen-bond acceptors (Lipinski definition) is 10. The number of aryl methyl sites for hydroxylation is 2. The molecule has 214 valence electrons. The van der Waals surface area contributed by atoms with Crippen LogP contribution >= 0.6 is 0 Å². The maximum Gasteiger partial charge on any atom is 0.343 e. The first-order chi connectivity index (χ1) is 18.9. The molecule has 1 amide bonds. The summed E-state index contributed by atoms with van der Waals surface area (Å²) < 4.78 is 21.9. The summed E-state index contributed by atoms with van der Waals surface area (Å²) in [6.07, 6.45) is -0.460. The number of carbonyl (C=O) groups is 5. The lowest BCUT2D eigenvalue weighted by molar-refractivity contribution is -0.176. The summed E-state index contributed by atoms with van der Waals surface area (Å²) in [6, 6.07) is 6.86. The molecule has 11 nitrogen and oxygen atoms in total. The normalized spacial score (nSPS) is 21.3. The van der Waals surface area contributed by atoms with Crippen molar-refractivity contribution in [3.63, 3.8) is 0 Å². The highest BCUT2D eigenvalue weighted by atomic mass is 16.6. The summed E-state index contributed by atoms with van der Waals surface area (Å²) in [5.74, 6) is -5.13. The molecule has 0 aliphatic carbocycles. The zero-order chi connectivity index (χ0) is 29.6. The van der Waals surface area contributed by atoms with Gasteiger partial charge in [0.25, 0.3) is 5.91 Å². The number of cyclic esters (lactones) is 2. The van der Waals surface area contributed by atoms with Gasteiger partial charge >= 0.3 is 23.9 Å². The Hall–Kier alpha value is -4.28. The highest BCUT2D eigenvalue weighted by Crippen LogP contribution is 2.25. The van der Waals surface area contributed by atoms with E-state index in [4.69, 9.17) is 18.9 Å². The number of hydrogen-bond donors (Lipinski definition) is 1. The zero-order valence-corrected chi connectivity index (χ0v) is 23.4. The molecule has 1 saturated heterocycles. The van der Waals surface area contributed by atoms with E-state index in [1.165, 1.54) is 13.1 Å². The van der Waals surface area contributed by atoms with Gasteiger partial charge in [0.05, 0.1) is 17.4 Å². The fourth-order valence-electron chi connectivity index (χ4n) is 3.99. The monoisotopic (exact) mass is 554 g/mol. The minimum Gasteiger partial charge on any atom is -0.463 e. The molecule has 0 bridgehead atoms. The van der Waals surface area contributed by atoms with Crippen LogP contribution in [-0.4, -0.2) is 59.6 Å². The number of amides is 1. The van der Waals surface area contributed by atoms with E-state index in [2.05, 4.69) is 10.3 Å². The minimum absolute atomic E-state index is 0.0842. The first kappa shape index (κ1) is 30.3. The SMILES string of the molecule is CCC1C(=O)OCC(NC(=O)c2nccc(C)c2OC(=O)c2ccc(C)cc2)C(=O)OC(C)C1OC(=O)C(C)C. The van der Waals surface area contributed by atoms with Crippen molar-refractivity contribution in [3.05, 3.63) is 58.9 Å². The molecule has 40 heavy (non-hydrogen) atoms. The van der Waals surface area contributed by atoms with Gasteiger partial charge in [0.1, 0.15) is 12.7 Å². The van der Waals surface area contributed by atoms with Crippen molar-refractivity contribution < 1.29 is 42.9 Å². The van der Waals surface area contributed by atoms with Crippen LogP contribution in [0.5, 0.6) is 5.75 Å². The van der Waals surface area contributed by atoms with E-state index < -0.39 is 66.5 Å². The quantitative estimate of drug-likeness (QED) is 0.400. The number of benzene rings is 1. The number of esters is 4. The number of nitrogens with zero attached hydrogens (tertiary/aromatic N) is 1. The van der Waals surface area contributed by atoms with Crippen LogP contribution in [0.15, 0.2) is 36.5 Å². The van der Waals surface area contributed by atoms with Gasteiger partial charge in [-0.05, 0) is 51.0 Å². The Labute approximate surface area is 232 Å². The number of pyridine rings is 1. The maximum absolute atomic E-state index is 13.3. The van der Waals surface area contributed by atoms with Gasteiger partial charge in [-0.2, -0.15) is 0 Å². The standard InChI is InChI=1S/C29H34N2O9/c1-7-20-24(40-26(33)15(2)3)18(6)38-29(36)21(14-37-28(20)35)31-25(32)22-23(17(5)12-13-30-22)39-27(34)19-10-8-16(4)9-11-19/h8-13,15,18,20-21,24H,7,14H2,1-6H3,(H,31,32). The van der Waals surface area contributed by atoms with Crippen LogP contribution in [0.4, 0.5) is 0 Å². The van der Waals surface area contributed by atoms with Gasteiger partial charge in [-0.15, -0.1) is 0 Å². The molecule has 1 aromatic carbocycles. The lowest BCUT2D eigenvalue weighted by atomic mass is 9.95. The van der Waals surface area contributed by atoms with E-state index in [1.54, 1.807) is 58.0 Å². The summed E-state index contributed by atoms with van der Waals surface area (Å²) in [4.78, 5) is 68.3. The molecule has 1 fully saturated rings. The molecule has 3 rings (SSSR count). The van der Waals surface area contributed by atoms with Crippen molar-refractivity contribution in [2.45, 2.75) is 66.2 Å². The Bertz CT molecular complexity index is 1270. The average Bonchev–Trinajstić information content (AvgIpc) is 2.94. The fraction of sp³-hybridized carbons (Fsp3) is 0.448. The second kappa shape index (κ2) is 13.2. The van der Waals surface area contributed by atoms with E-state index in [1.807, 2.05) is 6.92 Å². The van der Waals surface area contributed by atoms with Crippen LogP contribution in [0.3, 0.4) is 0 Å². The van der Waals surface area contributed by atoms with E-state index in [0.29, 0.717) is 5.56 Å². The van der Waals surface area contributed by atoms with Gasteiger partial charge in [-0.25, -0.2) is 14.6 Å². The maximum atomic E-state index is 13.3. The number of ether oxygens (including phenoxy) is 4. The van der Waals surface area contributed by atoms with Crippen LogP contribution in [0.25, 0.3) is 0 Å². The Morgan fingerprint density at radius 2 is 1.75 bits per heavy atom. The molecular weight excluding hydrogens is 520 g/mol. The predicted molar refractivity (Wildman–Crippen MR) is 141 cm³/mol. The molecule has 1 aliphatic rings. The molecule has 0 saturated carbocycles. The highest BCUT2D eigenvalue weighted by Gasteiger charge is 2.41. The molecule has 4 unspecified atom stereocenters. The molecule has 4 atom stereocenters. The first-order valence-electron chi connectivity index (χ1n) is 13.1. The van der Waals surface area contributed by atoms with Crippen molar-refractivity contribution >= 4 is 29.8 Å². The molecule has 0 radical (unpaired) electrons. The van der Waals surface area contributed by atoms with Crippen molar-refractivity contribution in [2.24, 2.45) is 11.8 Å². The van der Waals surface area contributed by atoms with Gasteiger partial charge in [0.15, 0.2) is 23.6 Å². The summed E-state index contributed by atoms with van der Waals surface area (Å²) in [6.45, 7) is 9.50. The van der Waals surface area contributed by atoms with Crippen LogP contribution in [0.2, 0.25) is 0 Å². The van der Waals surface area contributed by atoms with Gasteiger partial charge < -0.3 is 24.3 Å². The largest absolute Gasteiger partial charge is 0.463 e. The Kier molecular flexibility index (Phi) is 9.98. The van der Waals surface area contributed by atoms with Crippen LogP contribution < -0.4 is 10.1 Å². The number of aromatic nitrogens is 1. The van der Waals surface area contributed by atoms with Gasteiger partial charge in [-0.3, -0.25) is 14.4 Å². The second-order valence-electron chi connectivity index (χ2n) is 9.93. The van der Waals surface area contributed by atoms with Gasteiger partial charge in [0, 0.05) is 6.20 Å². The molecule has 1 N–H and O–H groups in total. The first-order valence-corrected chi connectivity index (χ1v) is 13.1. The van der Waals surface area contributed by atoms with Crippen molar-refractivity contribution in [1.82, 2.24) is 10.3 Å². The van der Waals surface area contributed by atoms with E-state index >= 15 is 0 Å². The van der Waals surface area contributed by atoms with Gasteiger partial charge in [-0.1, -0.05) is 38.5 Å². The second-order valence-corrected chi connectivity index (χ2v) is 9.93. The summed E-state index contributed by atoms with van der Waals surface area (Å²) in [7, 11) is 0. The third-order valence-corrected chi connectivity index (χ3v) is 6.41. The van der Waals surface area contributed by atoms with Crippen LogP contribution in [-0.2, 0) is 28.6 Å². The van der Waals surface area contributed by atoms with Crippen molar-refractivity contribution in [2.75, 3.05) is 6.61 Å². The Morgan fingerprint density at radius 3 is 2.38 bits per heavy atom. The molecule has 0 spiro atoms. The lowest BCUT2D eigenvalue weighted by Crippen LogP contribution is -2.47. The topological polar surface area (TPSA) is 147 Å². The van der Waals surface area contributed by atoms with Crippen molar-refractivity contribution in [1.29, 1.82) is 0 Å². The third kappa shape index (κ3) is 7.22. The van der Waals surface area contributed by atoms with E-state index in [-0.39, 0.29) is 23.4 Å². The van der Waals surface area contributed by atoms with Crippen molar-refractivity contribution in [3.8, 4) is 5.75 Å². The third-order valence-electron chi connectivity index (χ3n) is 6.41. The predicted octanol–water partition coefficient (Wildman–Crippen LogP) is 3.10. The Balaban J connectivity index is 1.82. The highest BCUT2D eigenvalue weighted by molar-refractivity contribution is 5.99. The summed E-state index contributed by atoms with van der Waals surface area (Å²) in [5.41, 5.74) is 1.45. The molecule has 11 heteroatoms. The average molecular weight is 555 g/mol. The molecule has 2 aromatic rings. The Morgan fingerprint density at radius 1 is 1.07 bits per heavy atom. The molecular formula is C29H34N2O9. The van der Waals surface area contributed by atoms with E-state index in [0.717, 1.165) is 5.56 Å².